The molecule has 2 fully saturated rings. The largest absolute Gasteiger partial charge is 0.380 e. The minimum atomic E-state index is 0.455. The fourth-order valence-corrected chi connectivity index (χ4v) is 3.23. The number of hydrogen-bond donors (Lipinski definition) is 1. The van der Waals surface area contributed by atoms with E-state index in [2.05, 4.69) is 24.1 Å². The van der Waals surface area contributed by atoms with Gasteiger partial charge in [0.25, 0.3) is 0 Å². The van der Waals surface area contributed by atoms with Gasteiger partial charge >= 0.3 is 0 Å². The molecule has 2 aliphatic rings. The molecule has 1 N–H and O–H groups in total. The van der Waals surface area contributed by atoms with Gasteiger partial charge in [-0.3, -0.25) is 4.90 Å². The topological polar surface area (TPSA) is 24.5 Å². The third-order valence-corrected chi connectivity index (χ3v) is 4.41. The number of piperazine rings is 1. The Morgan fingerprint density at radius 3 is 2.72 bits per heavy atom. The van der Waals surface area contributed by atoms with Crippen molar-refractivity contribution in [1.29, 1.82) is 0 Å². The zero-order valence-electron chi connectivity index (χ0n) is 12.2. The van der Waals surface area contributed by atoms with E-state index in [9.17, 15) is 0 Å². The van der Waals surface area contributed by atoms with Crippen LogP contribution in [0.15, 0.2) is 0 Å². The smallest absolute Gasteiger partial charge is 0.0593 e. The number of rotatable bonds is 6. The van der Waals surface area contributed by atoms with E-state index in [0.717, 1.165) is 32.2 Å². The van der Waals surface area contributed by atoms with Crippen molar-refractivity contribution in [3.63, 3.8) is 0 Å². The maximum atomic E-state index is 5.74. The van der Waals surface area contributed by atoms with Gasteiger partial charge in [-0.15, -0.1) is 0 Å². The average Bonchev–Trinajstić information content (AvgIpc) is 2.76. The first kappa shape index (κ1) is 14.3. The summed E-state index contributed by atoms with van der Waals surface area (Å²) in [6.07, 6.45) is 6.75. The van der Waals surface area contributed by atoms with Gasteiger partial charge in [0.1, 0.15) is 0 Å². The highest BCUT2D eigenvalue weighted by Gasteiger charge is 2.37. The molecule has 2 rings (SSSR count). The van der Waals surface area contributed by atoms with Crippen molar-refractivity contribution in [2.75, 3.05) is 39.4 Å². The minimum absolute atomic E-state index is 0.455. The SMILES string of the molecule is CC(C)CCOCCN1CCNC2(CCCC2)C1. The molecule has 0 unspecified atom stereocenters. The van der Waals surface area contributed by atoms with Crippen LogP contribution in [0.1, 0.15) is 46.0 Å². The van der Waals surface area contributed by atoms with E-state index < -0.39 is 0 Å². The minimum Gasteiger partial charge on any atom is -0.380 e. The van der Waals surface area contributed by atoms with Crippen molar-refractivity contribution >= 4 is 0 Å². The van der Waals surface area contributed by atoms with Crippen LogP contribution >= 0.6 is 0 Å². The standard InChI is InChI=1S/C15H30N2O/c1-14(2)5-11-18-12-10-17-9-8-16-15(13-17)6-3-4-7-15/h14,16H,3-13H2,1-2H3. The highest BCUT2D eigenvalue weighted by molar-refractivity contribution is 4.98. The van der Waals surface area contributed by atoms with E-state index >= 15 is 0 Å². The molecule has 106 valence electrons. The second kappa shape index (κ2) is 6.88. The van der Waals surface area contributed by atoms with Crippen molar-refractivity contribution in [2.24, 2.45) is 5.92 Å². The van der Waals surface area contributed by atoms with E-state index in [0.29, 0.717) is 5.54 Å². The summed E-state index contributed by atoms with van der Waals surface area (Å²) in [6.45, 7) is 11.0. The molecule has 3 heteroatoms. The van der Waals surface area contributed by atoms with E-state index in [1.165, 1.54) is 45.2 Å². The Morgan fingerprint density at radius 1 is 1.22 bits per heavy atom. The van der Waals surface area contributed by atoms with Crippen molar-refractivity contribution in [3.05, 3.63) is 0 Å². The lowest BCUT2D eigenvalue weighted by Crippen LogP contribution is -2.59. The molecule has 1 saturated carbocycles. The van der Waals surface area contributed by atoms with Gasteiger partial charge in [-0.05, 0) is 25.2 Å². The van der Waals surface area contributed by atoms with Crippen LogP contribution < -0.4 is 5.32 Å². The molecule has 1 aliphatic carbocycles. The van der Waals surface area contributed by atoms with E-state index in [-0.39, 0.29) is 0 Å². The van der Waals surface area contributed by atoms with Crippen LogP contribution in [-0.4, -0.2) is 49.8 Å². The summed E-state index contributed by atoms with van der Waals surface area (Å²) in [4.78, 5) is 2.59. The van der Waals surface area contributed by atoms with Crippen LogP contribution in [0.3, 0.4) is 0 Å². The number of hydrogen-bond acceptors (Lipinski definition) is 3. The number of ether oxygens (including phenoxy) is 1. The number of nitrogens with one attached hydrogen (secondary N) is 1. The maximum absolute atomic E-state index is 5.74. The molecular weight excluding hydrogens is 224 g/mol. The van der Waals surface area contributed by atoms with Gasteiger partial charge < -0.3 is 10.1 Å². The van der Waals surface area contributed by atoms with Crippen molar-refractivity contribution < 1.29 is 4.74 Å². The van der Waals surface area contributed by atoms with Crippen molar-refractivity contribution in [3.8, 4) is 0 Å². The highest BCUT2D eigenvalue weighted by atomic mass is 16.5. The second-order valence-electron chi connectivity index (χ2n) is 6.49. The molecule has 3 nitrogen and oxygen atoms in total. The van der Waals surface area contributed by atoms with E-state index in [1.807, 2.05) is 0 Å². The Kier molecular flexibility index (Phi) is 5.46. The first-order chi connectivity index (χ1) is 8.70. The predicted molar refractivity (Wildman–Crippen MR) is 75.9 cm³/mol. The summed E-state index contributed by atoms with van der Waals surface area (Å²) in [5.74, 6) is 0.756. The summed E-state index contributed by atoms with van der Waals surface area (Å²) >= 11 is 0. The molecule has 1 heterocycles. The fraction of sp³-hybridized carbons (Fsp3) is 1.00. The van der Waals surface area contributed by atoms with Gasteiger partial charge in [0.15, 0.2) is 0 Å². The van der Waals surface area contributed by atoms with Crippen LogP contribution in [0, 0.1) is 5.92 Å². The highest BCUT2D eigenvalue weighted by Crippen LogP contribution is 2.31. The molecule has 0 bridgehead atoms. The van der Waals surface area contributed by atoms with Crippen LogP contribution in [0.4, 0.5) is 0 Å². The first-order valence-corrected chi connectivity index (χ1v) is 7.75. The van der Waals surface area contributed by atoms with E-state index in [1.54, 1.807) is 0 Å². The summed E-state index contributed by atoms with van der Waals surface area (Å²) in [6, 6.07) is 0. The van der Waals surface area contributed by atoms with Gasteiger partial charge in [-0.25, -0.2) is 0 Å². The zero-order chi connectivity index (χ0) is 12.8. The Morgan fingerprint density at radius 2 is 2.00 bits per heavy atom. The first-order valence-electron chi connectivity index (χ1n) is 7.75. The lowest BCUT2D eigenvalue weighted by Gasteiger charge is -2.41. The van der Waals surface area contributed by atoms with Crippen LogP contribution in [0.25, 0.3) is 0 Å². The van der Waals surface area contributed by atoms with Gasteiger partial charge in [0, 0.05) is 38.3 Å². The van der Waals surface area contributed by atoms with E-state index in [4.69, 9.17) is 4.74 Å². The molecule has 1 aliphatic heterocycles. The van der Waals surface area contributed by atoms with Crippen LogP contribution in [0.5, 0.6) is 0 Å². The Hall–Kier alpha value is -0.120. The Balaban J connectivity index is 1.61. The molecule has 0 atom stereocenters. The fourth-order valence-electron chi connectivity index (χ4n) is 3.23. The van der Waals surface area contributed by atoms with Crippen molar-refractivity contribution in [2.45, 2.75) is 51.5 Å². The quantitative estimate of drug-likeness (QED) is 0.736. The Labute approximate surface area is 112 Å². The summed E-state index contributed by atoms with van der Waals surface area (Å²) in [7, 11) is 0. The molecule has 0 aromatic carbocycles. The molecule has 1 spiro atoms. The third-order valence-electron chi connectivity index (χ3n) is 4.41. The Bertz CT molecular complexity index is 237. The molecule has 0 aromatic rings. The summed E-state index contributed by atoms with van der Waals surface area (Å²) < 4.78 is 5.74. The molecular formula is C15H30N2O. The molecule has 18 heavy (non-hydrogen) atoms. The monoisotopic (exact) mass is 254 g/mol. The lowest BCUT2D eigenvalue weighted by molar-refractivity contribution is 0.0694. The lowest BCUT2D eigenvalue weighted by atomic mass is 9.94. The summed E-state index contributed by atoms with van der Waals surface area (Å²) in [5, 5.41) is 3.76. The normalized spacial score (nSPS) is 24.2. The molecule has 0 radical (unpaired) electrons. The third kappa shape index (κ3) is 4.22. The predicted octanol–water partition coefficient (Wildman–Crippen LogP) is 2.27. The van der Waals surface area contributed by atoms with Gasteiger partial charge in [-0.1, -0.05) is 26.7 Å². The van der Waals surface area contributed by atoms with Crippen molar-refractivity contribution in [1.82, 2.24) is 10.2 Å². The van der Waals surface area contributed by atoms with Crippen LogP contribution in [-0.2, 0) is 4.74 Å². The van der Waals surface area contributed by atoms with Crippen LogP contribution in [0.2, 0.25) is 0 Å². The second-order valence-corrected chi connectivity index (χ2v) is 6.49. The van der Waals surface area contributed by atoms with Gasteiger partial charge in [-0.2, -0.15) is 0 Å². The maximum Gasteiger partial charge on any atom is 0.0593 e. The summed E-state index contributed by atoms with van der Waals surface area (Å²) in [5.41, 5.74) is 0.455. The zero-order valence-corrected chi connectivity index (χ0v) is 12.2. The van der Waals surface area contributed by atoms with Gasteiger partial charge in [0.05, 0.1) is 6.61 Å². The molecule has 0 amide bonds. The average molecular weight is 254 g/mol. The number of nitrogens with zero attached hydrogens (tertiary/aromatic N) is 1. The molecule has 1 saturated heterocycles. The molecule has 0 aromatic heterocycles. The van der Waals surface area contributed by atoms with Gasteiger partial charge in [0.2, 0.25) is 0 Å².